The summed E-state index contributed by atoms with van der Waals surface area (Å²) in [6.07, 6.45) is 7.77. The summed E-state index contributed by atoms with van der Waals surface area (Å²) in [5, 5.41) is 0.436. The van der Waals surface area contributed by atoms with Gasteiger partial charge in [-0.15, -0.1) is 0 Å². The van der Waals surface area contributed by atoms with Crippen LogP contribution in [0.5, 0.6) is 0 Å². The molecule has 1 amide bonds. The summed E-state index contributed by atoms with van der Waals surface area (Å²) in [6.45, 7) is 1.61. The molecule has 1 fully saturated rings. The van der Waals surface area contributed by atoms with E-state index in [2.05, 4.69) is 9.88 Å². The van der Waals surface area contributed by atoms with Gasteiger partial charge in [0.25, 0.3) is 5.91 Å². The molecule has 0 spiro atoms. The Morgan fingerprint density at radius 1 is 1.35 bits per heavy atom. The number of halogens is 1. The first-order chi connectivity index (χ1) is 9.59. The first-order valence-corrected chi connectivity index (χ1v) is 7.52. The molecule has 1 aliphatic carbocycles. The third-order valence-electron chi connectivity index (χ3n) is 3.82. The van der Waals surface area contributed by atoms with Gasteiger partial charge in [-0.2, -0.15) is 0 Å². The Hall–Kier alpha value is -1.13. The first-order valence-electron chi connectivity index (χ1n) is 7.15. The second kappa shape index (κ2) is 7.04. The topological polar surface area (TPSA) is 36.4 Å². The molecule has 0 N–H and O–H groups in total. The van der Waals surface area contributed by atoms with Crippen LogP contribution in [0.2, 0.25) is 5.02 Å². The number of hydrogen-bond acceptors (Lipinski definition) is 3. The number of amides is 1. The molecule has 20 heavy (non-hydrogen) atoms. The van der Waals surface area contributed by atoms with Crippen molar-refractivity contribution in [2.45, 2.75) is 31.7 Å². The molecule has 0 unspecified atom stereocenters. The largest absolute Gasteiger partial charge is 0.334 e. The van der Waals surface area contributed by atoms with Crippen molar-refractivity contribution in [3.63, 3.8) is 0 Å². The molecule has 2 rings (SSSR count). The molecule has 0 radical (unpaired) electrons. The molecule has 1 aromatic rings. The number of rotatable bonds is 5. The average Bonchev–Trinajstić information content (AvgIpc) is 2.93. The number of hydrogen-bond donors (Lipinski definition) is 0. The molecular formula is C15H22ClN3O. The third kappa shape index (κ3) is 3.70. The molecule has 0 bridgehead atoms. The van der Waals surface area contributed by atoms with E-state index in [9.17, 15) is 4.79 Å². The molecule has 1 heterocycles. The number of carbonyl (C=O) groups excluding carboxylic acids is 1. The van der Waals surface area contributed by atoms with Gasteiger partial charge in [-0.1, -0.05) is 24.4 Å². The van der Waals surface area contributed by atoms with Crippen LogP contribution in [0.3, 0.4) is 0 Å². The smallest absolute Gasteiger partial charge is 0.255 e. The molecule has 4 nitrogen and oxygen atoms in total. The van der Waals surface area contributed by atoms with Gasteiger partial charge in [0.2, 0.25) is 0 Å². The Labute approximate surface area is 125 Å². The van der Waals surface area contributed by atoms with E-state index in [4.69, 9.17) is 11.6 Å². The van der Waals surface area contributed by atoms with E-state index in [1.54, 1.807) is 12.3 Å². The van der Waals surface area contributed by atoms with E-state index in [1.165, 1.54) is 19.0 Å². The number of nitrogens with zero attached hydrogens (tertiary/aromatic N) is 3. The summed E-state index contributed by atoms with van der Waals surface area (Å²) < 4.78 is 0. The Balaban J connectivity index is 2.16. The Morgan fingerprint density at radius 2 is 2.05 bits per heavy atom. The van der Waals surface area contributed by atoms with E-state index >= 15 is 0 Å². The van der Waals surface area contributed by atoms with Gasteiger partial charge < -0.3 is 9.80 Å². The van der Waals surface area contributed by atoms with E-state index in [0.29, 0.717) is 16.6 Å². The lowest BCUT2D eigenvalue weighted by molar-refractivity contribution is 0.0667. The van der Waals surface area contributed by atoms with Crippen LogP contribution in [0.15, 0.2) is 18.5 Å². The van der Waals surface area contributed by atoms with Gasteiger partial charge >= 0.3 is 0 Å². The van der Waals surface area contributed by atoms with Gasteiger partial charge in [-0.3, -0.25) is 9.78 Å². The van der Waals surface area contributed by atoms with Gasteiger partial charge in [-0.25, -0.2) is 0 Å². The minimum absolute atomic E-state index is 0.0335. The molecule has 1 aliphatic rings. The van der Waals surface area contributed by atoms with Crippen molar-refractivity contribution in [3.05, 3.63) is 29.0 Å². The third-order valence-corrected chi connectivity index (χ3v) is 4.12. The number of aromatic nitrogens is 1. The van der Waals surface area contributed by atoms with Crippen molar-refractivity contribution in [2.24, 2.45) is 0 Å². The highest BCUT2D eigenvalue weighted by Crippen LogP contribution is 2.26. The van der Waals surface area contributed by atoms with Crippen LogP contribution < -0.4 is 0 Å². The monoisotopic (exact) mass is 295 g/mol. The fourth-order valence-electron chi connectivity index (χ4n) is 2.68. The van der Waals surface area contributed by atoms with E-state index in [-0.39, 0.29) is 5.91 Å². The quantitative estimate of drug-likeness (QED) is 0.838. The van der Waals surface area contributed by atoms with Crippen molar-refractivity contribution in [3.8, 4) is 0 Å². The fraction of sp³-hybridized carbons (Fsp3) is 0.600. The summed E-state index contributed by atoms with van der Waals surface area (Å²) in [5.74, 6) is 0.0335. The van der Waals surface area contributed by atoms with Gasteiger partial charge in [0.15, 0.2) is 0 Å². The van der Waals surface area contributed by atoms with Crippen LogP contribution in [-0.2, 0) is 0 Å². The van der Waals surface area contributed by atoms with Crippen molar-refractivity contribution < 1.29 is 4.79 Å². The number of carbonyl (C=O) groups is 1. The van der Waals surface area contributed by atoms with Crippen LogP contribution >= 0.6 is 11.6 Å². The SMILES string of the molecule is CN(C)CCN(C(=O)c1ccncc1Cl)C1CCCC1. The maximum Gasteiger partial charge on any atom is 0.255 e. The highest BCUT2D eigenvalue weighted by atomic mass is 35.5. The normalized spacial score (nSPS) is 15.8. The van der Waals surface area contributed by atoms with Gasteiger partial charge in [0.05, 0.1) is 10.6 Å². The van der Waals surface area contributed by atoms with E-state index in [0.717, 1.165) is 25.9 Å². The highest BCUT2D eigenvalue weighted by Gasteiger charge is 2.28. The first kappa shape index (κ1) is 15.3. The van der Waals surface area contributed by atoms with Crippen LogP contribution in [0, 0.1) is 0 Å². The highest BCUT2D eigenvalue weighted by molar-refractivity contribution is 6.33. The zero-order valence-electron chi connectivity index (χ0n) is 12.2. The molecule has 110 valence electrons. The summed E-state index contributed by atoms with van der Waals surface area (Å²) in [5.41, 5.74) is 0.562. The maximum atomic E-state index is 12.8. The zero-order chi connectivity index (χ0) is 14.5. The lowest BCUT2D eigenvalue weighted by Crippen LogP contribution is -2.42. The van der Waals surface area contributed by atoms with Gasteiger partial charge in [0.1, 0.15) is 0 Å². The molecule has 0 aromatic carbocycles. The van der Waals surface area contributed by atoms with Crippen LogP contribution in [0.25, 0.3) is 0 Å². The molecule has 0 atom stereocenters. The molecular weight excluding hydrogens is 274 g/mol. The molecule has 0 aliphatic heterocycles. The Kier molecular flexibility index (Phi) is 5.38. The zero-order valence-corrected chi connectivity index (χ0v) is 12.9. The fourth-order valence-corrected chi connectivity index (χ4v) is 2.88. The number of likely N-dealkylation sites (N-methyl/N-ethyl adjacent to an activating group) is 1. The Morgan fingerprint density at radius 3 is 2.65 bits per heavy atom. The van der Waals surface area contributed by atoms with Gasteiger partial charge in [-0.05, 0) is 33.0 Å². The number of pyridine rings is 1. The lowest BCUT2D eigenvalue weighted by Gasteiger charge is -2.30. The van der Waals surface area contributed by atoms with E-state index in [1.807, 2.05) is 19.0 Å². The summed E-state index contributed by atoms with van der Waals surface area (Å²) in [6, 6.07) is 2.06. The maximum absolute atomic E-state index is 12.8. The molecule has 0 saturated heterocycles. The van der Waals surface area contributed by atoms with Crippen LogP contribution in [-0.4, -0.2) is 53.9 Å². The molecule has 1 saturated carbocycles. The second-order valence-corrected chi connectivity index (χ2v) is 6.00. The average molecular weight is 296 g/mol. The minimum atomic E-state index is 0.0335. The van der Waals surface area contributed by atoms with Crippen LogP contribution in [0.1, 0.15) is 36.0 Å². The molecule has 1 aromatic heterocycles. The minimum Gasteiger partial charge on any atom is -0.334 e. The van der Waals surface area contributed by atoms with Crippen molar-refractivity contribution >= 4 is 17.5 Å². The standard InChI is InChI=1S/C15H22ClN3O/c1-18(2)9-10-19(12-5-3-4-6-12)15(20)13-7-8-17-11-14(13)16/h7-8,11-12H,3-6,9-10H2,1-2H3. The summed E-state index contributed by atoms with van der Waals surface area (Å²) >= 11 is 6.11. The summed E-state index contributed by atoms with van der Waals surface area (Å²) in [4.78, 5) is 20.8. The predicted octanol–water partition coefficient (Wildman–Crippen LogP) is 2.68. The lowest BCUT2D eigenvalue weighted by atomic mass is 10.1. The van der Waals surface area contributed by atoms with Crippen LogP contribution in [0.4, 0.5) is 0 Å². The van der Waals surface area contributed by atoms with Gasteiger partial charge in [0, 0.05) is 31.5 Å². The van der Waals surface area contributed by atoms with Crippen molar-refractivity contribution in [1.29, 1.82) is 0 Å². The predicted molar refractivity (Wildman–Crippen MR) is 81.1 cm³/mol. The van der Waals surface area contributed by atoms with Crippen molar-refractivity contribution in [1.82, 2.24) is 14.8 Å². The van der Waals surface area contributed by atoms with E-state index < -0.39 is 0 Å². The van der Waals surface area contributed by atoms with Crippen molar-refractivity contribution in [2.75, 3.05) is 27.2 Å². The summed E-state index contributed by atoms with van der Waals surface area (Å²) in [7, 11) is 4.05. The Bertz CT molecular complexity index is 458. The second-order valence-electron chi connectivity index (χ2n) is 5.60. The molecule has 5 heteroatoms.